The van der Waals surface area contributed by atoms with Crippen LogP contribution < -0.4 is 25.0 Å². The number of carbonyl (C=O) groups is 3. The number of rotatable bonds is 11. The van der Waals surface area contributed by atoms with E-state index in [-0.39, 0.29) is 34.8 Å². The van der Waals surface area contributed by atoms with Gasteiger partial charge in [-0.1, -0.05) is 44.2 Å². The predicted molar refractivity (Wildman–Crippen MR) is 208 cm³/mol. The minimum atomic E-state index is -0.246. The summed E-state index contributed by atoms with van der Waals surface area (Å²) >= 11 is 0. The Balaban J connectivity index is 0.744. The van der Waals surface area contributed by atoms with E-state index in [0.29, 0.717) is 50.1 Å². The van der Waals surface area contributed by atoms with Gasteiger partial charge in [-0.25, -0.2) is 9.97 Å². The summed E-state index contributed by atoms with van der Waals surface area (Å²) in [5, 5.41) is 6.23. The fraction of sp³-hybridized carbons (Fsp3) is 0.432. The largest absolute Gasteiger partial charge is 0.490 e. The summed E-state index contributed by atoms with van der Waals surface area (Å²) in [5.41, 5.74) is 6.77. The highest BCUT2D eigenvalue weighted by Crippen LogP contribution is 2.46. The van der Waals surface area contributed by atoms with Gasteiger partial charge >= 0.3 is 0 Å². The van der Waals surface area contributed by atoms with Gasteiger partial charge in [-0.05, 0) is 84.0 Å². The summed E-state index contributed by atoms with van der Waals surface area (Å²) < 4.78 is 12.6. The van der Waals surface area contributed by atoms with Gasteiger partial charge in [0, 0.05) is 80.6 Å². The molecule has 4 aromatic rings. The monoisotopic (exact) mass is 740 g/mol. The van der Waals surface area contributed by atoms with Crippen molar-refractivity contribution >= 4 is 29.2 Å². The van der Waals surface area contributed by atoms with E-state index in [2.05, 4.69) is 93.9 Å². The predicted octanol–water partition coefficient (Wildman–Crippen LogP) is 6.08. The summed E-state index contributed by atoms with van der Waals surface area (Å²) in [7, 11) is 0. The van der Waals surface area contributed by atoms with E-state index in [1.54, 1.807) is 6.20 Å². The molecule has 9 rings (SSSR count). The zero-order valence-corrected chi connectivity index (χ0v) is 31.6. The summed E-state index contributed by atoms with van der Waals surface area (Å²) in [5.74, 6) is 2.40. The first-order valence-corrected chi connectivity index (χ1v) is 19.6. The molecule has 4 fully saturated rings. The number of piperidine rings is 1. The molecule has 4 heterocycles. The van der Waals surface area contributed by atoms with Crippen molar-refractivity contribution in [3.63, 3.8) is 0 Å². The van der Waals surface area contributed by atoms with Gasteiger partial charge in [0.2, 0.25) is 17.8 Å². The SMILES string of the molecule is CC(C)(c1ccc(OCc2ccnc(N3CC4(CC(=O)C4)C3)n2)cc1)c1ccc(OC2CCC(Nc3ccc4c(c3)CN(C3CCC(=O)NC3=O)C4)C2)cc1. The van der Waals surface area contributed by atoms with Crippen LogP contribution in [0.25, 0.3) is 0 Å². The Morgan fingerprint density at radius 2 is 1.60 bits per heavy atom. The van der Waals surface area contributed by atoms with Crippen molar-refractivity contribution in [1.82, 2.24) is 20.2 Å². The lowest BCUT2D eigenvalue weighted by atomic mass is 9.63. The van der Waals surface area contributed by atoms with Crippen molar-refractivity contribution in [3.05, 3.63) is 107 Å². The van der Waals surface area contributed by atoms with Crippen LogP contribution in [0.2, 0.25) is 0 Å². The van der Waals surface area contributed by atoms with Crippen LogP contribution in [-0.4, -0.2) is 63.7 Å². The maximum Gasteiger partial charge on any atom is 0.243 e. The fourth-order valence-electron chi connectivity index (χ4n) is 9.14. The zero-order chi connectivity index (χ0) is 37.7. The van der Waals surface area contributed by atoms with Gasteiger partial charge in [0.15, 0.2) is 0 Å². The molecular formula is C44H48N6O5. The first kappa shape index (κ1) is 35.4. The fourth-order valence-corrected chi connectivity index (χ4v) is 9.14. The molecule has 0 bridgehead atoms. The molecule has 1 spiro atoms. The number of anilines is 2. The Kier molecular flexibility index (Phi) is 9.07. The number of Topliss-reactive ketones (excluding diaryl/α,β-unsaturated/α-hetero) is 1. The lowest BCUT2D eigenvalue weighted by molar-refractivity contribution is -0.138. The minimum Gasteiger partial charge on any atom is -0.490 e. The van der Waals surface area contributed by atoms with E-state index >= 15 is 0 Å². The molecule has 55 heavy (non-hydrogen) atoms. The molecule has 11 nitrogen and oxygen atoms in total. The first-order chi connectivity index (χ1) is 26.6. The second-order valence-corrected chi connectivity index (χ2v) is 16.8. The molecule has 0 radical (unpaired) electrons. The van der Waals surface area contributed by atoms with Crippen molar-refractivity contribution in [2.45, 2.75) is 102 Å². The molecule has 1 aromatic heterocycles. The number of benzene rings is 3. The number of fused-ring (bicyclic) bond motifs is 1. The van der Waals surface area contributed by atoms with Gasteiger partial charge in [-0.3, -0.25) is 24.6 Å². The number of imide groups is 1. The van der Waals surface area contributed by atoms with Crippen molar-refractivity contribution in [1.29, 1.82) is 0 Å². The van der Waals surface area contributed by atoms with Crippen LogP contribution in [0.3, 0.4) is 0 Å². The normalized spacial score (nSPS) is 23.2. The van der Waals surface area contributed by atoms with Gasteiger partial charge in [0.25, 0.3) is 0 Å². The Hall–Kier alpha value is -5.29. The number of carbonyl (C=O) groups excluding carboxylic acids is 3. The zero-order valence-electron chi connectivity index (χ0n) is 31.6. The summed E-state index contributed by atoms with van der Waals surface area (Å²) in [6, 6.07) is 25.3. The molecule has 2 aliphatic carbocycles. The highest BCUT2D eigenvalue weighted by molar-refractivity contribution is 6.00. The molecule has 3 aromatic carbocycles. The van der Waals surface area contributed by atoms with Crippen LogP contribution in [0.4, 0.5) is 11.6 Å². The maximum atomic E-state index is 12.4. The minimum absolute atomic E-state index is 0.150. The van der Waals surface area contributed by atoms with E-state index in [1.165, 1.54) is 22.3 Å². The Morgan fingerprint density at radius 3 is 2.33 bits per heavy atom. The smallest absolute Gasteiger partial charge is 0.243 e. The number of aromatic nitrogens is 2. The molecule has 5 aliphatic rings. The van der Waals surface area contributed by atoms with Crippen molar-refractivity contribution in [2.24, 2.45) is 5.41 Å². The summed E-state index contributed by atoms with van der Waals surface area (Å²) in [4.78, 5) is 49.0. The Morgan fingerprint density at radius 1 is 0.873 bits per heavy atom. The van der Waals surface area contributed by atoms with Crippen molar-refractivity contribution in [3.8, 4) is 11.5 Å². The number of hydrogen-bond acceptors (Lipinski definition) is 10. The van der Waals surface area contributed by atoms with Gasteiger partial charge in [-0.15, -0.1) is 0 Å². The van der Waals surface area contributed by atoms with E-state index in [4.69, 9.17) is 14.5 Å². The van der Waals surface area contributed by atoms with Gasteiger partial charge in [-0.2, -0.15) is 0 Å². The number of ether oxygens (including phenoxy) is 2. The van der Waals surface area contributed by atoms with E-state index in [9.17, 15) is 14.4 Å². The Labute approximate surface area is 321 Å². The third-order valence-electron chi connectivity index (χ3n) is 12.4. The molecule has 2 saturated heterocycles. The second-order valence-electron chi connectivity index (χ2n) is 16.8. The number of hydrogen-bond donors (Lipinski definition) is 2. The molecule has 3 atom stereocenters. The Bertz CT molecular complexity index is 2100. The van der Waals surface area contributed by atoms with Crippen LogP contribution in [0, 0.1) is 5.41 Å². The van der Waals surface area contributed by atoms with Crippen LogP contribution in [-0.2, 0) is 39.5 Å². The van der Waals surface area contributed by atoms with Gasteiger partial charge in [0.1, 0.15) is 30.0 Å². The molecule has 2 saturated carbocycles. The third-order valence-corrected chi connectivity index (χ3v) is 12.4. The summed E-state index contributed by atoms with van der Waals surface area (Å²) in [6.45, 7) is 7.99. The van der Waals surface area contributed by atoms with Crippen molar-refractivity contribution in [2.75, 3.05) is 23.3 Å². The van der Waals surface area contributed by atoms with Crippen LogP contribution in [0.1, 0.15) is 86.7 Å². The standard InChI is InChI=1S/C44H48N6O5/c1-43(2,30-4-10-36(11-5-30)54-25-34-17-18-45-42(47-34)50-26-44(27-50)21-35(51)22-44)31-6-12-37(13-7-31)55-38-14-9-33(20-38)46-32-8-3-28-23-49(24-29(28)19-32)39-15-16-40(52)48-41(39)53/h3-8,10-13,17-19,33,38-39,46H,9,14-16,20-27H2,1-2H3,(H,48,52,53). The topological polar surface area (TPSA) is 126 Å². The van der Waals surface area contributed by atoms with E-state index in [0.717, 1.165) is 68.3 Å². The highest BCUT2D eigenvalue weighted by Gasteiger charge is 2.52. The van der Waals surface area contributed by atoms with E-state index in [1.807, 2.05) is 18.2 Å². The third kappa shape index (κ3) is 7.29. The van der Waals surface area contributed by atoms with E-state index < -0.39 is 0 Å². The maximum absolute atomic E-state index is 12.4. The lowest BCUT2D eigenvalue weighted by Gasteiger charge is -2.54. The number of ketones is 1. The quantitative estimate of drug-likeness (QED) is 0.175. The lowest BCUT2D eigenvalue weighted by Crippen LogP contribution is -2.63. The molecule has 284 valence electrons. The van der Waals surface area contributed by atoms with Crippen LogP contribution in [0.5, 0.6) is 11.5 Å². The van der Waals surface area contributed by atoms with Crippen LogP contribution >= 0.6 is 0 Å². The number of nitrogens with one attached hydrogen (secondary N) is 2. The van der Waals surface area contributed by atoms with Crippen molar-refractivity contribution < 1.29 is 23.9 Å². The summed E-state index contributed by atoms with van der Waals surface area (Å²) in [6.07, 6.45) is 7.26. The first-order valence-electron chi connectivity index (χ1n) is 19.6. The number of amides is 2. The average molecular weight is 741 g/mol. The highest BCUT2D eigenvalue weighted by atomic mass is 16.5. The number of nitrogens with zero attached hydrogens (tertiary/aromatic N) is 4. The van der Waals surface area contributed by atoms with Gasteiger partial charge < -0.3 is 19.7 Å². The molecular weight excluding hydrogens is 693 g/mol. The molecule has 3 unspecified atom stereocenters. The molecule has 11 heteroatoms. The second kappa shape index (κ2) is 14.1. The van der Waals surface area contributed by atoms with Gasteiger partial charge in [0.05, 0.1) is 11.7 Å². The van der Waals surface area contributed by atoms with Crippen LogP contribution in [0.15, 0.2) is 79.0 Å². The average Bonchev–Trinajstić information content (AvgIpc) is 3.78. The molecule has 2 amide bonds. The molecule has 3 aliphatic heterocycles. The molecule has 2 N–H and O–H groups in total.